The van der Waals surface area contributed by atoms with Gasteiger partial charge in [0, 0.05) is 20.4 Å². The summed E-state index contributed by atoms with van der Waals surface area (Å²) in [6, 6.07) is 10.1. The van der Waals surface area contributed by atoms with Crippen LogP contribution in [0, 0.1) is 0 Å². The Balaban J connectivity index is 0.000000215. The summed E-state index contributed by atoms with van der Waals surface area (Å²) in [4.78, 5) is 0. The zero-order valence-electron chi connectivity index (χ0n) is 6.70. The number of aromatic amines is 1. The molecule has 0 bridgehead atoms. The molecule has 4 nitrogen and oxygen atoms in total. The smallest absolute Gasteiger partial charge is 0.161 e. The average Bonchev–Trinajstić information content (AvgIpc) is 2.62. The summed E-state index contributed by atoms with van der Waals surface area (Å²) in [5.74, 6) is 0. The fourth-order valence-corrected chi connectivity index (χ4v) is 0.804. The van der Waals surface area contributed by atoms with E-state index < -0.39 is 0 Å². The van der Waals surface area contributed by atoms with Crippen LogP contribution >= 0.6 is 9.24 Å². The molecular formula is C7H9N4PPd. The van der Waals surface area contributed by atoms with Crippen LogP contribution in [0.5, 0.6) is 0 Å². The maximum Gasteiger partial charge on any atom is 0.161 e. The zero-order valence-corrected chi connectivity index (χ0v) is 9.41. The van der Waals surface area contributed by atoms with E-state index in [1.807, 2.05) is 30.3 Å². The van der Waals surface area contributed by atoms with Crippen LogP contribution in [-0.2, 0) is 20.4 Å². The fourth-order valence-electron chi connectivity index (χ4n) is 0.582. The SMILES string of the molecule is Pc1ccccc1.[Pd].c1nn[nH]n1. The Morgan fingerprint density at radius 1 is 1.15 bits per heavy atom. The van der Waals surface area contributed by atoms with E-state index in [4.69, 9.17) is 0 Å². The second-order valence-electron chi connectivity index (χ2n) is 1.97. The summed E-state index contributed by atoms with van der Waals surface area (Å²) in [6.07, 6.45) is 1.33. The third-order valence-corrected chi connectivity index (χ3v) is 1.45. The summed E-state index contributed by atoms with van der Waals surface area (Å²) >= 11 is 0. The normalized spacial score (nSPS) is 7.77. The van der Waals surface area contributed by atoms with Crippen molar-refractivity contribution in [2.45, 2.75) is 0 Å². The van der Waals surface area contributed by atoms with Crippen molar-refractivity contribution in [3.05, 3.63) is 36.7 Å². The van der Waals surface area contributed by atoms with Crippen LogP contribution < -0.4 is 5.30 Å². The second-order valence-corrected chi connectivity index (χ2v) is 2.64. The molecule has 2 rings (SSSR count). The molecule has 1 aromatic heterocycles. The number of tetrazole rings is 1. The number of rotatable bonds is 0. The molecule has 0 aliphatic heterocycles. The van der Waals surface area contributed by atoms with Crippen molar-refractivity contribution in [1.29, 1.82) is 0 Å². The molecule has 0 spiro atoms. The van der Waals surface area contributed by atoms with Gasteiger partial charge in [0.15, 0.2) is 6.33 Å². The van der Waals surface area contributed by atoms with Gasteiger partial charge >= 0.3 is 0 Å². The number of benzene rings is 1. The molecule has 1 aromatic carbocycles. The number of hydrogen-bond acceptors (Lipinski definition) is 3. The largest absolute Gasteiger partial charge is 0.177 e. The van der Waals surface area contributed by atoms with Crippen molar-refractivity contribution in [3.8, 4) is 0 Å². The van der Waals surface area contributed by atoms with Crippen LogP contribution in [-0.4, -0.2) is 20.6 Å². The van der Waals surface area contributed by atoms with E-state index in [9.17, 15) is 0 Å². The molecule has 1 atom stereocenters. The van der Waals surface area contributed by atoms with Gasteiger partial charge in [-0.25, -0.2) is 0 Å². The first kappa shape index (κ1) is 12.4. The van der Waals surface area contributed by atoms with Gasteiger partial charge < -0.3 is 0 Å². The van der Waals surface area contributed by atoms with Crippen molar-refractivity contribution in [2.75, 3.05) is 0 Å². The van der Waals surface area contributed by atoms with Crippen LogP contribution in [0.4, 0.5) is 0 Å². The Morgan fingerprint density at radius 2 is 1.85 bits per heavy atom. The third kappa shape index (κ3) is 6.54. The molecule has 0 aliphatic rings. The quantitative estimate of drug-likeness (QED) is 0.563. The monoisotopic (exact) mass is 286 g/mol. The summed E-state index contributed by atoms with van der Waals surface area (Å²) in [6.45, 7) is 0. The molecule has 0 amide bonds. The van der Waals surface area contributed by atoms with Crippen LogP contribution in [0.15, 0.2) is 36.7 Å². The molecule has 0 radical (unpaired) electrons. The van der Waals surface area contributed by atoms with Crippen LogP contribution in [0.1, 0.15) is 0 Å². The Labute approximate surface area is 92.4 Å². The topological polar surface area (TPSA) is 54.5 Å². The molecule has 0 aliphatic carbocycles. The molecule has 6 heteroatoms. The van der Waals surface area contributed by atoms with Gasteiger partial charge in [0.25, 0.3) is 0 Å². The van der Waals surface area contributed by atoms with Crippen molar-refractivity contribution >= 4 is 14.5 Å². The average molecular weight is 287 g/mol. The van der Waals surface area contributed by atoms with E-state index in [0.717, 1.165) is 0 Å². The Kier molecular flexibility index (Phi) is 7.62. The summed E-state index contributed by atoms with van der Waals surface area (Å²) in [7, 11) is 2.63. The van der Waals surface area contributed by atoms with Gasteiger partial charge in [-0.3, -0.25) is 0 Å². The predicted octanol–water partition coefficient (Wildman–Crippen LogP) is 0.384. The molecule has 1 unspecified atom stereocenters. The second kappa shape index (κ2) is 8.00. The number of hydrogen-bond donors (Lipinski definition) is 1. The summed E-state index contributed by atoms with van der Waals surface area (Å²) < 4.78 is 0. The van der Waals surface area contributed by atoms with E-state index >= 15 is 0 Å². The first-order chi connectivity index (χ1) is 5.89. The fraction of sp³-hybridized carbons (Fsp3) is 0. The van der Waals surface area contributed by atoms with Crippen molar-refractivity contribution in [1.82, 2.24) is 20.6 Å². The minimum atomic E-state index is 0. The number of aromatic nitrogens is 4. The first-order valence-electron chi connectivity index (χ1n) is 3.36. The molecule has 72 valence electrons. The van der Waals surface area contributed by atoms with E-state index in [1.54, 1.807) is 0 Å². The van der Waals surface area contributed by atoms with Gasteiger partial charge in [-0.15, -0.1) is 19.4 Å². The third-order valence-electron chi connectivity index (χ3n) is 1.07. The standard InChI is InChI=1S/C6H7P.CH2N4.Pd/c7-6-4-2-1-3-5-6;1-2-4-5-3-1;/h1-5H,7H2;1H,(H,2,3,4,5);. The molecule has 1 N–H and O–H groups in total. The molecule has 1 heterocycles. The maximum atomic E-state index is 3.38. The Morgan fingerprint density at radius 3 is 2.08 bits per heavy atom. The first-order valence-corrected chi connectivity index (χ1v) is 3.94. The van der Waals surface area contributed by atoms with E-state index in [-0.39, 0.29) is 20.4 Å². The molecule has 0 saturated carbocycles. The molecule has 2 aromatic rings. The van der Waals surface area contributed by atoms with Gasteiger partial charge in [-0.2, -0.15) is 5.21 Å². The van der Waals surface area contributed by atoms with Crippen LogP contribution in [0.3, 0.4) is 0 Å². The molecular weight excluding hydrogens is 277 g/mol. The van der Waals surface area contributed by atoms with E-state index in [2.05, 4.69) is 29.9 Å². The molecule has 0 fully saturated rings. The van der Waals surface area contributed by atoms with E-state index in [1.165, 1.54) is 11.6 Å². The minimum Gasteiger partial charge on any atom is -0.177 e. The van der Waals surface area contributed by atoms with Gasteiger partial charge in [0.1, 0.15) is 0 Å². The predicted molar refractivity (Wildman–Crippen MR) is 50.0 cm³/mol. The van der Waals surface area contributed by atoms with Crippen molar-refractivity contribution < 1.29 is 20.4 Å². The number of nitrogens with zero attached hydrogens (tertiary/aromatic N) is 3. The minimum absolute atomic E-state index is 0. The maximum absolute atomic E-state index is 3.38. The summed E-state index contributed by atoms with van der Waals surface area (Å²) in [5, 5.41) is 13.4. The number of nitrogens with one attached hydrogen (secondary N) is 1. The Hall–Kier alpha value is -0.618. The van der Waals surface area contributed by atoms with Gasteiger partial charge in [-0.1, -0.05) is 35.5 Å². The number of H-pyrrole nitrogens is 1. The van der Waals surface area contributed by atoms with Crippen LogP contribution in [0.25, 0.3) is 0 Å². The summed E-state index contributed by atoms with van der Waals surface area (Å²) in [5.41, 5.74) is 0. The Bertz CT molecular complexity index is 269. The van der Waals surface area contributed by atoms with Crippen molar-refractivity contribution in [2.24, 2.45) is 0 Å². The van der Waals surface area contributed by atoms with Gasteiger partial charge in [0.2, 0.25) is 0 Å². The van der Waals surface area contributed by atoms with Gasteiger partial charge in [0.05, 0.1) is 0 Å². The van der Waals surface area contributed by atoms with Crippen LogP contribution in [0.2, 0.25) is 0 Å². The zero-order chi connectivity index (χ0) is 8.65. The van der Waals surface area contributed by atoms with E-state index in [0.29, 0.717) is 0 Å². The molecule has 13 heavy (non-hydrogen) atoms. The van der Waals surface area contributed by atoms with Crippen molar-refractivity contribution in [3.63, 3.8) is 0 Å². The molecule has 0 saturated heterocycles. The van der Waals surface area contributed by atoms with Gasteiger partial charge in [-0.05, 0) is 5.30 Å².